The van der Waals surface area contributed by atoms with Gasteiger partial charge in [0.05, 0.1) is 6.61 Å². The highest BCUT2D eigenvalue weighted by Crippen LogP contribution is 2.48. The predicted molar refractivity (Wildman–Crippen MR) is 107 cm³/mol. The van der Waals surface area contributed by atoms with E-state index < -0.39 is 6.09 Å². The molecule has 1 fully saturated rings. The molecule has 0 bridgehead atoms. The summed E-state index contributed by atoms with van der Waals surface area (Å²) in [7, 11) is 0. The van der Waals surface area contributed by atoms with Gasteiger partial charge >= 0.3 is 6.09 Å². The van der Waals surface area contributed by atoms with Crippen molar-refractivity contribution in [3.05, 3.63) is 59.1 Å². The summed E-state index contributed by atoms with van der Waals surface area (Å²) in [4.78, 5) is 24.3. The first-order valence-electron chi connectivity index (χ1n) is 9.02. The van der Waals surface area contributed by atoms with Crippen LogP contribution in [0.25, 0.3) is 0 Å². The van der Waals surface area contributed by atoms with Crippen molar-refractivity contribution in [3.8, 4) is 0 Å². The molecule has 0 heterocycles. The van der Waals surface area contributed by atoms with Gasteiger partial charge in [-0.15, -0.1) is 0 Å². The molecule has 2 amide bonds. The summed E-state index contributed by atoms with van der Waals surface area (Å²) in [5.74, 6) is 0.388. The molecule has 2 aromatic rings. The van der Waals surface area contributed by atoms with E-state index in [1.165, 1.54) is 0 Å². The first kappa shape index (κ1) is 19.2. The van der Waals surface area contributed by atoms with Crippen LogP contribution in [-0.4, -0.2) is 18.6 Å². The fraction of sp³-hybridized carbons (Fsp3) is 0.333. The number of amides is 2. The van der Waals surface area contributed by atoms with E-state index in [2.05, 4.69) is 10.6 Å². The second-order valence-corrected chi connectivity index (χ2v) is 7.63. The summed E-state index contributed by atoms with van der Waals surface area (Å²) in [5, 5.41) is 6.27. The SMILES string of the molecule is CC(C)COC(=O)Nc1cccc(NC(=O)C2CC2c2cccc(Cl)c2)c1. The Morgan fingerprint density at radius 3 is 2.52 bits per heavy atom. The number of anilines is 2. The third-order valence-electron chi connectivity index (χ3n) is 4.33. The molecule has 142 valence electrons. The van der Waals surface area contributed by atoms with Crippen molar-refractivity contribution in [2.45, 2.75) is 26.2 Å². The van der Waals surface area contributed by atoms with Crippen LogP contribution in [-0.2, 0) is 9.53 Å². The molecular weight excluding hydrogens is 364 g/mol. The van der Waals surface area contributed by atoms with Gasteiger partial charge in [0, 0.05) is 22.3 Å². The molecule has 0 aromatic heterocycles. The van der Waals surface area contributed by atoms with Gasteiger partial charge in [0.1, 0.15) is 0 Å². The molecular formula is C21H23ClN2O3. The molecule has 1 aliphatic rings. The highest BCUT2D eigenvalue weighted by molar-refractivity contribution is 6.30. The van der Waals surface area contributed by atoms with Gasteiger partial charge in [-0.05, 0) is 54.2 Å². The molecule has 0 saturated heterocycles. The molecule has 2 aromatic carbocycles. The van der Waals surface area contributed by atoms with E-state index in [0.29, 0.717) is 23.0 Å². The lowest BCUT2D eigenvalue weighted by atomic mass is 10.1. The van der Waals surface area contributed by atoms with Crippen LogP contribution in [0.5, 0.6) is 0 Å². The lowest BCUT2D eigenvalue weighted by Gasteiger charge is -2.10. The number of nitrogens with one attached hydrogen (secondary N) is 2. The molecule has 2 N–H and O–H groups in total. The third kappa shape index (κ3) is 5.47. The molecule has 2 unspecified atom stereocenters. The molecule has 2 atom stereocenters. The van der Waals surface area contributed by atoms with E-state index in [-0.39, 0.29) is 23.7 Å². The standard InChI is InChI=1S/C21H23ClN2O3/c1-13(2)12-27-21(26)24-17-8-4-7-16(10-17)23-20(25)19-11-18(19)14-5-3-6-15(22)9-14/h3-10,13,18-19H,11-12H2,1-2H3,(H,23,25)(H,24,26). The fourth-order valence-electron chi connectivity index (χ4n) is 2.90. The van der Waals surface area contributed by atoms with Crippen LogP contribution in [0, 0.1) is 11.8 Å². The molecule has 1 saturated carbocycles. The predicted octanol–water partition coefficient (Wildman–Crippen LogP) is 5.29. The summed E-state index contributed by atoms with van der Waals surface area (Å²) >= 11 is 6.03. The Balaban J connectivity index is 1.55. The number of benzene rings is 2. The van der Waals surface area contributed by atoms with Crippen molar-refractivity contribution in [2.75, 3.05) is 17.2 Å². The van der Waals surface area contributed by atoms with Crippen molar-refractivity contribution >= 4 is 35.0 Å². The highest BCUT2D eigenvalue weighted by atomic mass is 35.5. The van der Waals surface area contributed by atoms with Crippen molar-refractivity contribution in [1.82, 2.24) is 0 Å². The van der Waals surface area contributed by atoms with Crippen LogP contribution in [0.2, 0.25) is 5.02 Å². The zero-order valence-corrected chi connectivity index (χ0v) is 16.1. The maximum Gasteiger partial charge on any atom is 0.411 e. The minimum Gasteiger partial charge on any atom is -0.449 e. The Kier molecular flexibility index (Phi) is 6.01. The fourth-order valence-corrected chi connectivity index (χ4v) is 3.10. The van der Waals surface area contributed by atoms with Gasteiger partial charge in [-0.1, -0.05) is 43.6 Å². The van der Waals surface area contributed by atoms with Crippen LogP contribution >= 0.6 is 11.6 Å². The molecule has 0 aliphatic heterocycles. The minimum absolute atomic E-state index is 0.0282. The second kappa shape index (κ2) is 8.44. The van der Waals surface area contributed by atoms with Gasteiger partial charge in [0.25, 0.3) is 0 Å². The molecule has 3 rings (SSSR count). The van der Waals surface area contributed by atoms with E-state index >= 15 is 0 Å². The lowest BCUT2D eigenvalue weighted by molar-refractivity contribution is -0.117. The monoisotopic (exact) mass is 386 g/mol. The molecule has 6 heteroatoms. The average Bonchev–Trinajstić information content (AvgIpc) is 3.41. The molecule has 0 radical (unpaired) electrons. The topological polar surface area (TPSA) is 67.4 Å². The Labute approximate surface area is 164 Å². The second-order valence-electron chi connectivity index (χ2n) is 7.19. The zero-order valence-electron chi connectivity index (χ0n) is 15.4. The first-order chi connectivity index (χ1) is 12.9. The minimum atomic E-state index is -0.504. The zero-order chi connectivity index (χ0) is 19.4. The highest BCUT2D eigenvalue weighted by Gasteiger charge is 2.43. The first-order valence-corrected chi connectivity index (χ1v) is 9.40. The van der Waals surface area contributed by atoms with Crippen molar-refractivity contribution in [1.29, 1.82) is 0 Å². The van der Waals surface area contributed by atoms with Gasteiger partial charge in [0.15, 0.2) is 0 Å². The number of hydrogen-bond acceptors (Lipinski definition) is 3. The summed E-state index contributed by atoms with van der Waals surface area (Å²) in [6, 6.07) is 14.7. The summed E-state index contributed by atoms with van der Waals surface area (Å²) in [6.07, 6.45) is 0.307. The quantitative estimate of drug-likeness (QED) is 0.709. The Hall–Kier alpha value is -2.53. The van der Waals surface area contributed by atoms with Crippen molar-refractivity contribution < 1.29 is 14.3 Å². The van der Waals surface area contributed by atoms with Gasteiger partial charge in [0.2, 0.25) is 5.91 Å². The Morgan fingerprint density at radius 2 is 1.81 bits per heavy atom. The van der Waals surface area contributed by atoms with Gasteiger partial charge in [-0.2, -0.15) is 0 Å². The van der Waals surface area contributed by atoms with E-state index in [9.17, 15) is 9.59 Å². The Bertz CT molecular complexity index is 838. The molecule has 0 spiro atoms. The van der Waals surface area contributed by atoms with Crippen LogP contribution < -0.4 is 10.6 Å². The van der Waals surface area contributed by atoms with Crippen LogP contribution in [0.15, 0.2) is 48.5 Å². The summed E-state index contributed by atoms with van der Waals surface area (Å²) < 4.78 is 5.10. The maximum atomic E-state index is 12.5. The Morgan fingerprint density at radius 1 is 1.11 bits per heavy atom. The van der Waals surface area contributed by atoms with Gasteiger partial charge < -0.3 is 10.1 Å². The van der Waals surface area contributed by atoms with E-state index in [1.807, 2.05) is 38.1 Å². The van der Waals surface area contributed by atoms with Gasteiger partial charge in [-0.25, -0.2) is 4.79 Å². The summed E-state index contributed by atoms with van der Waals surface area (Å²) in [6.45, 7) is 4.30. The van der Waals surface area contributed by atoms with E-state index in [1.54, 1.807) is 24.3 Å². The van der Waals surface area contributed by atoms with E-state index in [0.717, 1.165) is 12.0 Å². The molecule has 27 heavy (non-hydrogen) atoms. The van der Waals surface area contributed by atoms with E-state index in [4.69, 9.17) is 16.3 Å². The summed E-state index contributed by atoms with van der Waals surface area (Å²) in [5.41, 5.74) is 2.30. The van der Waals surface area contributed by atoms with Crippen LogP contribution in [0.4, 0.5) is 16.2 Å². The average molecular weight is 387 g/mol. The van der Waals surface area contributed by atoms with Gasteiger partial charge in [-0.3, -0.25) is 10.1 Å². The maximum absolute atomic E-state index is 12.5. The van der Waals surface area contributed by atoms with Crippen LogP contribution in [0.3, 0.4) is 0 Å². The normalized spacial score (nSPS) is 18.1. The lowest BCUT2D eigenvalue weighted by Crippen LogP contribution is -2.17. The number of ether oxygens (including phenoxy) is 1. The largest absolute Gasteiger partial charge is 0.449 e. The molecule has 5 nitrogen and oxygen atoms in total. The van der Waals surface area contributed by atoms with Crippen molar-refractivity contribution in [2.24, 2.45) is 11.8 Å². The number of carbonyl (C=O) groups is 2. The number of carbonyl (C=O) groups excluding carboxylic acids is 2. The number of rotatable bonds is 6. The number of hydrogen-bond donors (Lipinski definition) is 2. The number of halogens is 1. The third-order valence-corrected chi connectivity index (χ3v) is 4.56. The molecule has 1 aliphatic carbocycles. The van der Waals surface area contributed by atoms with Crippen molar-refractivity contribution in [3.63, 3.8) is 0 Å². The van der Waals surface area contributed by atoms with Crippen LogP contribution in [0.1, 0.15) is 31.7 Å². The smallest absolute Gasteiger partial charge is 0.411 e.